The molecule has 0 N–H and O–H groups in total. The third-order valence-electron chi connectivity index (χ3n) is 0.979. The van der Waals surface area contributed by atoms with Crippen LogP contribution in [0, 0.1) is 6.07 Å². The number of nitrogens with zero attached hydrogens (tertiary/aromatic N) is 2. The molecule has 0 aliphatic heterocycles. The van der Waals surface area contributed by atoms with Crippen molar-refractivity contribution in [1.29, 1.82) is 0 Å². The number of aryl methyl sites for hydroxylation is 1. The zero-order valence-electron chi connectivity index (χ0n) is 5.38. The fourth-order valence-electron chi connectivity index (χ4n) is 0.542. The Morgan fingerprint density at radius 2 is 2.56 bits per heavy atom. The van der Waals surface area contributed by atoms with Crippen LogP contribution >= 0.6 is 0 Å². The average Bonchev–Trinajstić information content (AvgIpc) is 2.14. The molecule has 0 unspecified atom stereocenters. The maximum atomic E-state index is 10.6. The molecule has 0 atom stereocenters. The Labute approximate surface area is 53.3 Å². The number of carbonyl (C=O) groups excluding carboxylic acids is 1. The molecule has 3 heteroatoms. The smallest absolute Gasteiger partial charge is 0.180 e. The number of carbonyl (C=O) groups is 1. The maximum absolute atomic E-state index is 10.6. The van der Waals surface area contributed by atoms with Gasteiger partial charge in [-0.05, 0) is 0 Å². The van der Waals surface area contributed by atoms with Crippen LogP contribution in [0.25, 0.3) is 0 Å². The van der Waals surface area contributed by atoms with Crippen molar-refractivity contribution in [2.45, 2.75) is 6.92 Å². The molecule has 9 heavy (non-hydrogen) atoms. The fourth-order valence-corrected chi connectivity index (χ4v) is 0.542. The summed E-state index contributed by atoms with van der Waals surface area (Å²) in [5, 5.41) is 3.82. The molecule has 3 nitrogen and oxygen atoms in total. The molecule has 0 saturated heterocycles. The van der Waals surface area contributed by atoms with Crippen LogP contribution in [-0.2, 0) is 7.05 Å². The van der Waals surface area contributed by atoms with E-state index in [0.717, 1.165) is 0 Å². The molecular formula is C6H7N2O. The van der Waals surface area contributed by atoms with Crippen LogP contribution in [0.15, 0.2) is 6.20 Å². The highest BCUT2D eigenvalue weighted by Crippen LogP contribution is 1.91. The zero-order chi connectivity index (χ0) is 6.85. The van der Waals surface area contributed by atoms with E-state index in [2.05, 4.69) is 11.2 Å². The lowest BCUT2D eigenvalue weighted by molar-refractivity contribution is 0.101. The number of Topliss-reactive ketones (excluding diaryl/α,β-unsaturated/α-hetero) is 1. The molecule has 1 rings (SSSR count). The van der Waals surface area contributed by atoms with E-state index < -0.39 is 0 Å². The first kappa shape index (κ1) is 6.01. The molecule has 0 fully saturated rings. The summed E-state index contributed by atoms with van der Waals surface area (Å²) in [4.78, 5) is 10.6. The molecule has 47 valence electrons. The molecule has 1 heterocycles. The SMILES string of the molecule is CC(=O)c1[c]cn(C)n1. The van der Waals surface area contributed by atoms with Crippen molar-refractivity contribution in [3.63, 3.8) is 0 Å². The Balaban J connectivity index is 2.98. The summed E-state index contributed by atoms with van der Waals surface area (Å²) in [5.74, 6) is -0.0457. The van der Waals surface area contributed by atoms with Crippen molar-refractivity contribution in [3.8, 4) is 0 Å². The van der Waals surface area contributed by atoms with Crippen LogP contribution in [0.1, 0.15) is 17.4 Å². The van der Waals surface area contributed by atoms with E-state index in [1.54, 1.807) is 17.9 Å². The van der Waals surface area contributed by atoms with Gasteiger partial charge in [0, 0.05) is 26.2 Å². The van der Waals surface area contributed by atoms with Crippen molar-refractivity contribution < 1.29 is 4.79 Å². The summed E-state index contributed by atoms with van der Waals surface area (Å²) >= 11 is 0. The highest BCUT2D eigenvalue weighted by Gasteiger charge is 2.00. The first-order valence-electron chi connectivity index (χ1n) is 2.62. The predicted molar refractivity (Wildman–Crippen MR) is 32.0 cm³/mol. The van der Waals surface area contributed by atoms with Crippen LogP contribution in [0.2, 0.25) is 0 Å². The van der Waals surface area contributed by atoms with Gasteiger partial charge in [-0.1, -0.05) is 0 Å². The lowest BCUT2D eigenvalue weighted by Gasteiger charge is -1.83. The maximum Gasteiger partial charge on any atom is 0.180 e. The summed E-state index contributed by atoms with van der Waals surface area (Å²) in [6.45, 7) is 1.47. The summed E-state index contributed by atoms with van der Waals surface area (Å²) in [7, 11) is 1.75. The molecule has 0 bridgehead atoms. The third-order valence-corrected chi connectivity index (χ3v) is 0.979. The second-order valence-electron chi connectivity index (χ2n) is 1.85. The van der Waals surface area contributed by atoms with E-state index in [1.165, 1.54) is 6.92 Å². The Hall–Kier alpha value is -1.12. The minimum Gasteiger partial charge on any atom is -0.293 e. The fraction of sp³-hybridized carbons (Fsp3) is 0.333. The largest absolute Gasteiger partial charge is 0.293 e. The molecule has 1 aromatic rings. The van der Waals surface area contributed by atoms with Crippen LogP contribution in [0.5, 0.6) is 0 Å². The number of hydrogen-bond acceptors (Lipinski definition) is 2. The quantitative estimate of drug-likeness (QED) is 0.507. The van der Waals surface area contributed by atoms with E-state index in [-0.39, 0.29) is 5.78 Å². The van der Waals surface area contributed by atoms with Crippen LogP contribution in [-0.4, -0.2) is 15.6 Å². The Kier molecular flexibility index (Phi) is 1.34. The first-order valence-corrected chi connectivity index (χ1v) is 2.62. The van der Waals surface area contributed by atoms with Gasteiger partial charge in [0.2, 0.25) is 0 Å². The normalized spacial score (nSPS) is 9.56. The lowest BCUT2D eigenvalue weighted by atomic mass is 10.3. The van der Waals surface area contributed by atoms with Gasteiger partial charge in [-0.25, -0.2) is 0 Å². The lowest BCUT2D eigenvalue weighted by Crippen LogP contribution is -1.95. The number of aromatic nitrogens is 2. The Bertz CT molecular complexity index is 227. The molecular weight excluding hydrogens is 116 g/mol. The minimum absolute atomic E-state index is 0.0457. The van der Waals surface area contributed by atoms with Crippen LogP contribution < -0.4 is 0 Å². The number of hydrogen-bond donors (Lipinski definition) is 0. The summed E-state index contributed by atoms with van der Waals surface area (Å²) in [5.41, 5.74) is 0.400. The van der Waals surface area contributed by atoms with E-state index >= 15 is 0 Å². The number of rotatable bonds is 1. The van der Waals surface area contributed by atoms with Crippen LogP contribution in [0.4, 0.5) is 0 Å². The van der Waals surface area contributed by atoms with Gasteiger partial charge in [-0.3, -0.25) is 9.48 Å². The standard InChI is InChI=1S/C6H7N2O/c1-5(9)6-3-4-8(2)7-6/h4H,1-2H3. The van der Waals surface area contributed by atoms with Gasteiger partial charge in [0.05, 0.1) is 0 Å². The van der Waals surface area contributed by atoms with Gasteiger partial charge >= 0.3 is 0 Å². The van der Waals surface area contributed by atoms with Gasteiger partial charge in [0.15, 0.2) is 5.78 Å². The summed E-state index contributed by atoms with van der Waals surface area (Å²) in [6.07, 6.45) is 1.62. The van der Waals surface area contributed by atoms with Gasteiger partial charge in [0.1, 0.15) is 5.69 Å². The Morgan fingerprint density at radius 3 is 2.78 bits per heavy atom. The van der Waals surface area contributed by atoms with Crippen molar-refractivity contribution >= 4 is 5.78 Å². The van der Waals surface area contributed by atoms with E-state index in [9.17, 15) is 4.79 Å². The molecule has 1 aromatic heterocycles. The molecule has 0 aliphatic rings. The summed E-state index contributed by atoms with van der Waals surface area (Å²) in [6, 6.07) is 2.71. The van der Waals surface area contributed by atoms with Crippen molar-refractivity contribution in [1.82, 2.24) is 9.78 Å². The highest BCUT2D eigenvalue weighted by molar-refractivity contribution is 5.91. The molecule has 0 saturated carbocycles. The minimum atomic E-state index is -0.0457. The van der Waals surface area contributed by atoms with Crippen molar-refractivity contribution in [2.24, 2.45) is 7.05 Å². The first-order chi connectivity index (χ1) is 4.20. The van der Waals surface area contributed by atoms with Crippen LogP contribution in [0.3, 0.4) is 0 Å². The highest BCUT2D eigenvalue weighted by atomic mass is 16.1. The topological polar surface area (TPSA) is 34.9 Å². The Morgan fingerprint density at radius 1 is 1.89 bits per heavy atom. The average molecular weight is 123 g/mol. The van der Waals surface area contributed by atoms with Gasteiger partial charge < -0.3 is 0 Å². The monoisotopic (exact) mass is 123 g/mol. The zero-order valence-corrected chi connectivity index (χ0v) is 5.38. The molecule has 1 radical (unpaired) electrons. The molecule has 0 amide bonds. The van der Waals surface area contributed by atoms with E-state index in [4.69, 9.17) is 0 Å². The molecule has 0 aromatic carbocycles. The van der Waals surface area contributed by atoms with Crippen molar-refractivity contribution in [2.75, 3.05) is 0 Å². The van der Waals surface area contributed by atoms with Crippen molar-refractivity contribution in [3.05, 3.63) is 18.0 Å². The third kappa shape index (κ3) is 1.16. The molecule has 0 aliphatic carbocycles. The second-order valence-corrected chi connectivity index (χ2v) is 1.85. The predicted octanol–water partition coefficient (Wildman–Crippen LogP) is 0.423. The number of ketones is 1. The second kappa shape index (κ2) is 2.01. The van der Waals surface area contributed by atoms with Gasteiger partial charge in [0.25, 0.3) is 0 Å². The molecule has 0 spiro atoms. The van der Waals surface area contributed by atoms with E-state index in [1.807, 2.05) is 0 Å². The van der Waals surface area contributed by atoms with Gasteiger partial charge in [-0.2, -0.15) is 5.10 Å². The summed E-state index contributed by atoms with van der Waals surface area (Å²) < 4.78 is 1.55. The van der Waals surface area contributed by atoms with Gasteiger partial charge in [-0.15, -0.1) is 0 Å². The van der Waals surface area contributed by atoms with E-state index in [0.29, 0.717) is 5.69 Å².